The Balaban J connectivity index is 2.61. The van der Waals surface area contributed by atoms with Gasteiger partial charge in [-0.25, -0.2) is 13.6 Å². The van der Waals surface area contributed by atoms with Crippen LogP contribution in [0.5, 0.6) is 0 Å². The molecule has 1 amide bonds. The molecule has 108 valence electrons. The van der Waals surface area contributed by atoms with Crippen molar-refractivity contribution in [1.29, 1.82) is 0 Å². The number of nitrogens with two attached hydrogens (primary N) is 1. The molecule has 0 aliphatic carbocycles. The van der Waals surface area contributed by atoms with Crippen molar-refractivity contribution in [3.8, 4) is 0 Å². The summed E-state index contributed by atoms with van der Waals surface area (Å²) >= 11 is 1.04. The summed E-state index contributed by atoms with van der Waals surface area (Å²) in [5.74, 6) is 0.308. The predicted octanol–water partition coefficient (Wildman–Crippen LogP) is 1.49. The van der Waals surface area contributed by atoms with E-state index in [1.807, 2.05) is 6.92 Å². The molecule has 1 rings (SSSR count). The standard InChI is InChI=1S/C12H20N2O3S2/c1-4-8(2)9(3)14-11(15)7-10-5-6-12(18-10)19(13,16)17/h5-6,8-9H,4,7H2,1-3H3,(H,14,15)(H2,13,16,17). The maximum absolute atomic E-state index is 11.8. The zero-order valence-corrected chi connectivity index (χ0v) is 13.0. The smallest absolute Gasteiger partial charge is 0.247 e. The second-order valence-electron chi connectivity index (χ2n) is 4.68. The van der Waals surface area contributed by atoms with Crippen LogP contribution in [-0.2, 0) is 21.2 Å². The first-order valence-corrected chi connectivity index (χ1v) is 8.51. The van der Waals surface area contributed by atoms with E-state index in [4.69, 9.17) is 5.14 Å². The summed E-state index contributed by atoms with van der Waals surface area (Å²) in [6.45, 7) is 6.12. The molecule has 19 heavy (non-hydrogen) atoms. The third kappa shape index (κ3) is 4.93. The molecule has 2 unspecified atom stereocenters. The SMILES string of the molecule is CCC(C)C(C)NC(=O)Cc1ccc(S(N)(=O)=O)s1. The topological polar surface area (TPSA) is 89.3 Å². The number of rotatable bonds is 6. The fourth-order valence-corrected chi connectivity index (χ4v) is 3.34. The van der Waals surface area contributed by atoms with Crippen LogP contribution in [0, 0.1) is 5.92 Å². The maximum atomic E-state index is 11.8. The largest absolute Gasteiger partial charge is 0.353 e. The molecule has 0 fully saturated rings. The van der Waals surface area contributed by atoms with Crippen molar-refractivity contribution in [2.24, 2.45) is 11.1 Å². The third-order valence-corrected chi connectivity index (χ3v) is 5.66. The van der Waals surface area contributed by atoms with Crippen LogP contribution in [-0.4, -0.2) is 20.4 Å². The third-order valence-electron chi connectivity index (χ3n) is 3.14. The minimum absolute atomic E-state index is 0.0882. The number of thiophene rings is 1. The summed E-state index contributed by atoms with van der Waals surface area (Å²) in [6.07, 6.45) is 1.18. The second kappa shape index (κ2) is 6.49. The van der Waals surface area contributed by atoms with Crippen molar-refractivity contribution in [1.82, 2.24) is 5.32 Å². The number of sulfonamides is 1. The maximum Gasteiger partial charge on any atom is 0.247 e. The lowest BCUT2D eigenvalue weighted by Crippen LogP contribution is -2.37. The monoisotopic (exact) mass is 304 g/mol. The van der Waals surface area contributed by atoms with Gasteiger partial charge in [0.2, 0.25) is 15.9 Å². The number of carbonyl (C=O) groups is 1. The minimum atomic E-state index is -3.67. The van der Waals surface area contributed by atoms with Gasteiger partial charge in [-0.2, -0.15) is 0 Å². The average molecular weight is 304 g/mol. The molecule has 1 aromatic heterocycles. The predicted molar refractivity (Wildman–Crippen MR) is 76.5 cm³/mol. The van der Waals surface area contributed by atoms with E-state index < -0.39 is 10.0 Å². The van der Waals surface area contributed by atoms with Gasteiger partial charge in [-0.15, -0.1) is 11.3 Å². The quantitative estimate of drug-likeness (QED) is 0.834. The molecular formula is C12H20N2O3S2. The number of primary sulfonamides is 1. The second-order valence-corrected chi connectivity index (χ2v) is 7.64. The Morgan fingerprint density at radius 3 is 2.53 bits per heavy atom. The van der Waals surface area contributed by atoms with Crippen LogP contribution in [0.4, 0.5) is 0 Å². The van der Waals surface area contributed by atoms with Gasteiger partial charge in [-0.3, -0.25) is 4.79 Å². The molecule has 1 heterocycles. The zero-order chi connectivity index (χ0) is 14.6. The van der Waals surface area contributed by atoms with E-state index in [2.05, 4.69) is 19.2 Å². The van der Waals surface area contributed by atoms with Crippen molar-refractivity contribution < 1.29 is 13.2 Å². The lowest BCUT2D eigenvalue weighted by Gasteiger charge is -2.19. The summed E-state index contributed by atoms with van der Waals surface area (Å²) in [4.78, 5) is 12.5. The first kappa shape index (κ1) is 16.1. The lowest BCUT2D eigenvalue weighted by molar-refractivity contribution is -0.121. The van der Waals surface area contributed by atoms with Gasteiger partial charge in [0, 0.05) is 10.9 Å². The van der Waals surface area contributed by atoms with Gasteiger partial charge in [0.05, 0.1) is 6.42 Å². The molecule has 0 bridgehead atoms. The van der Waals surface area contributed by atoms with E-state index in [1.54, 1.807) is 6.07 Å². The van der Waals surface area contributed by atoms with E-state index in [0.717, 1.165) is 17.8 Å². The van der Waals surface area contributed by atoms with Crippen molar-refractivity contribution >= 4 is 27.3 Å². The summed E-state index contributed by atoms with van der Waals surface area (Å²) in [5, 5.41) is 7.94. The molecule has 1 aromatic rings. The Bertz CT molecular complexity index is 537. The molecule has 2 atom stereocenters. The average Bonchev–Trinajstić information content (AvgIpc) is 2.75. The van der Waals surface area contributed by atoms with E-state index in [-0.39, 0.29) is 22.6 Å². The van der Waals surface area contributed by atoms with Gasteiger partial charge in [-0.05, 0) is 25.0 Å². The fourth-order valence-electron chi connectivity index (χ4n) is 1.57. The summed E-state index contributed by atoms with van der Waals surface area (Å²) in [7, 11) is -3.67. The highest BCUT2D eigenvalue weighted by Gasteiger charge is 2.16. The number of nitrogens with one attached hydrogen (secondary N) is 1. The first-order chi connectivity index (χ1) is 8.74. The Kier molecular flexibility index (Phi) is 5.51. The molecule has 0 aliphatic rings. The van der Waals surface area contributed by atoms with E-state index >= 15 is 0 Å². The van der Waals surface area contributed by atoms with Crippen LogP contribution in [0.2, 0.25) is 0 Å². The van der Waals surface area contributed by atoms with Crippen molar-refractivity contribution in [2.45, 2.75) is 43.9 Å². The summed E-state index contributed by atoms with van der Waals surface area (Å²) < 4.78 is 22.3. The van der Waals surface area contributed by atoms with Gasteiger partial charge >= 0.3 is 0 Å². The van der Waals surface area contributed by atoms with Gasteiger partial charge in [0.15, 0.2) is 0 Å². The summed E-state index contributed by atoms with van der Waals surface area (Å²) in [5.41, 5.74) is 0. The van der Waals surface area contributed by atoms with Gasteiger partial charge < -0.3 is 5.32 Å². The minimum Gasteiger partial charge on any atom is -0.353 e. The lowest BCUT2D eigenvalue weighted by atomic mass is 10.0. The van der Waals surface area contributed by atoms with Gasteiger partial charge in [0.1, 0.15) is 4.21 Å². The first-order valence-electron chi connectivity index (χ1n) is 6.15. The number of carbonyl (C=O) groups excluding carboxylic acids is 1. The number of amides is 1. The highest BCUT2D eigenvalue weighted by atomic mass is 32.2. The van der Waals surface area contributed by atoms with E-state index in [0.29, 0.717) is 10.8 Å². The Morgan fingerprint density at radius 1 is 1.42 bits per heavy atom. The van der Waals surface area contributed by atoms with Crippen molar-refractivity contribution in [2.75, 3.05) is 0 Å². The number of hydrogen-bond acceptors (Lipinski definition) is 4. The van der Waals surface area contributed by atoms with Crippen LogP contribution in [0.1, 0.15) is 32.1 Å². The van der Waals surface area contributed by atoms with Crippen molar-refractivity contribution in [3.63, 3.8) is 0 Å². The molecule has 0 aromatic carbocycles. The number of hydrogen-bond donors (Lipinski definition) is 2. The molecule has 0 aliphatic heterocycles. The fraction of sp³-hybridized carbons (Fsp3) is 0.583. The van der Waals surface area contributed by atoms with Gasteiger partial charge in [-0.1, -0.05) is 20.3 Å². The normalized spacial score (nSPS) is 14.9. The van der Waals surface area contributed by atoms with Crippen LogP contribution >= 0.6 is 11.3 Å². The zero-order valence-electron chi connectivity index (χ0n) is 11.3. The highest BCUT2D eigenvalue weighted by molar-refractivity contribution is 7.91. The van der Waals surface area contributed by atoms with E-state index in [1.165, 1.54) is 6.07 Å². The Hall–Kier alpha value is -0.920. The van der Waals surface area contributed by atoms with Crippen LogP contribution in [0.3, 0.4) is 0 Å². The van der Waals surface area contributed by atoms with Crippen molar-refractivity contribution in [3.05, 3.63) is 17.0 Å². The molecule has 0 spiro atoms. The molecule has 0 radical (unpaired) electrons. The Labute approximate surface area is 118 Å². The molecule has 3 N–H and O–H groups in total. The molecule has 5 nitrogen and oxygen atoms in total. The van der Waals surface area contributed by atoms with Crippen LogP contribution in [0.15, 0.2) is 16.3 Å². The van der Waals surface area contributed by atoms with Crippen LogP contribution in [0.25, 0.3) is 0 Å². The molecule has 7 heteroatoms. The summed E-state index contributed by atoms with van der Waals surface area (Å²) in [6, 6.07) is 3.16. The highest BCUT2D eigenvalue weighted by Crippen LogP contribution is 2.20. The Morgan fingerprint density at radius 2 is 2.05 bits per heavy atom. The van der Waals surface area contributed by atoms with Gasteiger partial charge in [0.25, 0.3) is 0 Å². The molecule has 0 saturated carbocycles. The van der Waals surface area contributed by atoms with E-state index in [9.17, 15) is 13.2 Å². The molecular weight excluding hydrogens is 284 g/mol. The molecule has 0 saturated heterocycles. The van der Waals surface area contributed by atoms with Crippen LogP contribution < -0.4 is 10.5 Å².